The molecule has 0 spiro atoms. The summed E-state index contributed by atoms with van der Waals surface area (Å²) in [5, 5.41) is 9.56. The lowest BCUT2D eigenvalue weighted by Crippen LogP contribution is -2.24. The number of aromatic nitrogens is 4. The molecule has 2 heterocycles. The summed E-state index contributed by atoms with van der Waals surface area (Å²) < 4.78 is 1.37. The predicted molar refractivity (Wildman–Crippen MR) is 69.8 cm³/mol. The van der Waals surface area contributed by atoms with E-state index in [0.29, 0.717) is 17.4 Å². The summed E-state index contributed by atoms with van der Waals surface area (Å²) in [4.78, 5) is 17.3. The Morgan fingerprint density at radius 3 is 2.94 bits per heavy atom. The van der Waals surface area contributed by atoms with E-state index in [9.17, 15) is 4.79 Å². The van der Waals surface area contributed by atoms with E-state index in [-0.39, 0.29) is 5.56 Å². The zero-order valence-corrected chi connectivity index (χ0v) is 10.5. The highest BCUT2D eigenvalue weighted by atomic mass is 32.1. The summed E-state index contributed by atoms with van der Waals surface area (Å²) in [5.74, 6) is 0. The van der Waals surface area contributed by atoms with Crippen molar-refractivity contribution in [2.24, 2.45) is 0 Å². The molecule has 5 nitrogen and oxygen atoms in total. The summed E-state index contributed by atoms with van der Waals surface area (Å²) in [6.45, 7) is 2.35. The van der Waals surface area contributed by atoms with Gasteiger partial charge in [0.15, 0.2) is 0 Å². The van der Waals surface area contributed by atoms with E-state index in [1.807, 2.05) is 19.1 Å². The van der Waals surface area contributed by atoms with Gasteiger partial charge in [-0.3, -0.25) is 4.79 Å². The van der Waals surface area contributed by atoms with Crippen LogP contribution < -0.4 is 5.56 Å². The number of aryl methyl sites for hydroxylation is 1. The maximum atomic E-state index is 12.2. The zero-order valence-electron chi connectivity index (χ0n) is 9.70. The molecule has 1 aromatic carbocycles. The Balaban J connectivity index is 2.08. The van der Waals surface area contributed by atoms with Crippen LogP contribution in [-0.2, 0) is 6.54 Å². The molecule has 0 radical (unpaired) electrons. The minimum absolute atomic E-state index is 0.119. The standard InChI is InChI=1S/C12H10N4OS/c1-8-13-6-9(18-8)7-16-12(17)10-4-2-3-5-11(10)14-15-16/h2-6H,7H2,1H3. The maximum Gasteiger partial charge on any atom is 0.277 e. The van der Waals surface area contributed by atoms with Crippen LogP contribution in [0.5, 0.6) is 0 Å². The molecule has 3 aromatic rings. The van der Waals surface area contributed by atoms with Crippen molar-refractivity contribution in [3.8, 4) is 0 Å². The number of thiazole rings is 1. The fourth-order valence-corrected chi connectivity index (χ4v) is 2.53. The Kier molecular flexibility index (Phi) is 2.64. The normalized spacial score (nSPS) is 10.9. The molecule has 0 saturated heterocycles. The van der Waals surface area contributed by atoms with Gasteiger partial charge in [-0.2, -0.15) is 0 Å². The van der Waals surface area contributed by atoms with Crippen molar-refractivity contribution in [1.82, 2.24) is 20.0 Å². The van der Waals surface area contributed by atoms with Crippen molar-refractivity contribution in [3.05, 3.63) is 50.7 Å². The molecule has 18 heavy (non-hydrogen) atoms. The highest BCUT2D eigenvalue weighted by molar-refractivity contribution is 7.11. The van der Waals surface area contributed by atoms with Crippen LogP contribution in [0, 0.1) is 6.92 Å². The van der Waals surface area contributed by atoms with Crippen LogP contribution in [0.4, 0.5) is 0 Å². The molecule has 0 saturated carbocycles. The topological polar surface area (TPSA) is 60.7 Å². The second-order valence-electron chi connectivity index (χ2n) is 3.91. The third-order valence-electron chi connectivity index (χ3n) is 2.60. The number of hydrogen-bond acceptors (Lipinski definition) is 5. The molecule has 0 amide bonds. The van der Waals surface area contributed by atoms with Crippen LogP contribution in [0.2, 0.25) is 0 Å². The Hall–Kier alpha value is -2.08. The molecule has 0 N–H and O–H groups in total. The van der Waals surface area contributed by atoms with Crippen molar-refractivity contribution >= 4 is 22.2 Å². The van der Waals surface area contributed by atoms with Crippen molar-refractivity contribution < 1.29 is 0 Å². The molecule has 0 aliphatic heterocycles. The van der Waals surface area contributed by atoms with E-state index < -0.39 is 0 Å². The Morgan fingerprint density at radius 2 is 2.17 bits per heavy atom. The van der Waals surface area contributed by atoms with Crippen molar-refractivity contribution in [2.45, 2.75) is 13.5 Å². The summed E-state index contributed by atoms with van der Waals surface area (Å²) in [6, 6.07) is 7.21. The lowest BCUT2D eigenvalue weighted by molar-refractivity contribution is 0.605. The summed E-state index contributed by atoms with van der Waals surface area (Å²) in [7, 11) is 0. The molecule has 0 atom stereocenters. The highest BCUT2D eigenvalue weighted by Gasteiger charge is 2.06. The number of hydrogen-bond donors (Lipinski definition) is 0. The van der Waals surface area contributed by atoms with Gasteiger partial charge in [0.2, 0.25) is 0 Å². The van der Waals surface area contributed by atoms with E-state index >= 15 is 0 Å². The quantitative estimate of drug-likeness (QED) is 0.700. The summed E-state index contributed by atoms with van der Waals surface area (Å²) in [6.07, 6.45) is 1.77. The number of fused-ring (bicyclic) bond motifs is 1. The summed E-state index contributed by atoms with van der Waals surface area (Å²) >= 11 is 1.56. The van der Waals surface area contributed by atoms with Crippen molar-refractivity contribution in [2.75, 3.05) is 0 Å². The second kappa shape index (κ2) is 4.30. The van der Waals surface area contributed by atoms with E-state index in [0.717, 1.165) is 9.88 Å². The van der Waals surface area contributed by atoms with E-state index in [1.165, 1.54) is 4.68 Å². The number of nitrogens with zero attached hydrogens (tertiary/aromatic N) is 4. The Morgan fingerprint density at radius 1 is 1.33 bits per heavy atom. The first-order valence-corrected chi connectivity index (χ1v) is 6.29. The molecule has 3 rings (SSSR count). The molecule has 90 valence electrons. The van der Waals surface area contributed by atoms with Gasteiger partial charge in [-0.05, 0) is 19.1 Å². The van der Waals surface area contributed by atoms with Gasteiger partial charge in [-0.1, -0.05) is 17.3 Å². The van der Waals surface area contributed by atoms with Crippen LogP contribution in [0.15, 0.2) is 35.3 Å². The zero-order chi connectivity index (χ0) is 12.5. The van der Waals surface area contributed by atoms with Gasteiger partial charge in [0.25, 0.3) is 5.56 Å². The minimum Gasteiger partial charge on any atom is -0.267 e. The van der Waals surface area contributed by atoms with Crippen LogP contribution in [0.25, 0.3) is 10.9 Å². The number of benzene rings is 1. The monoisotopic (exact) mass is 258 g/mol. The molecule has 2 aromatic heterocycles. The van der Waals surface area contributed by atoms with Gasteiger partial charge in [0.1, 0.15) is 5.52 Å². The SMILES string of the molecule is Cc1ncc(Cn2nnc3ccccc3c2=O)s1. The molecule has 0 unspecified atom stereocenters. The first-order chi connectivity index (χ1) is 8.74. The van der Waals surface area contributed by atoms with Gasteiger partial charge in [0.05, 0.1) is 16.9 Å². The van der Waals surface area contributed by atoms with Gasteiger partial charge in [-0.15, -0.1) is 16.4 Å². The fraction of sp³-hybridized carbons (Fsp3) is 0.167. The first-order valence-electron chi connectivity index (χ1n) is 5.48. The second-order valence-corrected chi connectivity index (χ2v) is 5.23. The molecule has 0 fully saturated rings. The van der Waals surface area contributed by atoms with Gasteiger partial charge < -0.3 is 0 Å². The third-order valence-corrected chi connectivity index (χ3v) is 3.50. The van der Waals surface area contributed by atoms with Gasteiger partial charge in [0, 0.05) is 11.1 Å². The van der Waals surface area contributed by atoms with Crippen molar-refractivity contribution in [3.63, 3.8) is 0 Å². The van der Waals surface area contributed by atoms with Gasteiger partial charge in [-0.25, -0.2) is 9.67 Å². The average Bonchev–Trinajstić information content (AvgIpc) is 2.79. The molecule has 0 aliphatic rings. The maximum absolute atomic E-state index is 12.2. The van der Waals surface area contributed by atoms with E-state index in [1.54, 1.807) is 29.7 Å². The molecule has 0 aliphatic carbocycles. The van der Waals surface area contributed by atoms with Crippen LogP contribution in [0.1, 0.15) is 9.88 Å². The van der Waals surface area contributed by atoms with Crippen LogP contribution in [-0.4, -0.2) is 20.0 Å². The lowest BCUT2D eigenvalue weighted by Gasteiger charge is -2.02. The fourth-order valence-electron chi connectivity index (χ4n) is 1.75. The smallest absolute Gasteiger partial charge is 0.267 e. The molecular formula is C12H10N4OS. The van der Waals surface area contributed by atoms with E-state index in [4.69, 9.17) is 0 Å². The first kappa shape index (κ1) is 11.0. The third kappa shape index (κ3) is 1.91. The van der Waals surface area contributed by atoms with Crippen LogP contribution in [0.3, 0.4) is 0 Å². The summed E-state index contributed by atoms with van der Waals surface area (Å²) in [5.41, 5.74) is 0.505. The highest BCUT2D eigenvalue weighted by Crippen LogP contribution is 2.12. The van der Waals surface area contributed by atoms with E-state index in [2.05, 4.69) is 15.3 Å². The van der Waals surface area contributed by atoms with Crippen LogP contribution >= 0.6 is 11.3 Å². The molecule has 6 heteroatoms. The van der Waals surface area contributed by atoms with Crippen molar-refractivity contribution in [1.29, 1.82) is 0 Å². The lowest BCUT2D eigenvalue weighted by atomic mass is 10.2. The molecule has 0 bridgehead atoms. The largest absolute Gasteiger partial charge is 0.277 e. The average molecular weight is 258 g/mol. The Bertz CT molecular complexity index is 762. The molecular weight excluding hydrogens is 248 g/mol. The number of rotatable bonds is 2. The predicted octanol–water partition coefficient (Wildman–Crippen LogP) is 1.60. The minimum atomic E-state index is -0.119. The van der Waals surface area contributed by atoms with Gasteiger partial charge >= 0.3 is 0 Å². The Labute approximate surface area is 107 Å².